The summed E-state index contributed by atoms with van der Waals surface area (Å²) in [6, 6.07) is 0. The number of hydrogen-bond donors (Lipinski definition) is 1. The summed E-state index contributed by atoms with van der Waals surface area (Å²) >= 11 is 7.30. The molecule has 0 aliphatic carbocycles. The fourth-order valence-electron chi connectivity index (χ4n) is 1.58. The molecular weight excluding hydrogens is 246 g/mol. The van der Waals surface area contributed by atoms with Crippen molar-refractivity contribution in [1.29, 1.82) is 0 Å². The minimum Gasteiger partial charge on any atom is -0.308 e. The largest absolute Gasteiger partial charge is 0.308 e. The second kappa shape index (κ2) is 4.59. The van der Waals surface area contributed by atoms with Crippen LogP contribution in [0.25, 0.3) is 0 Å². The van der Waals surface area contributed by atoms with E-state index in [9.17, 15) is 4.79 Å². The van der Waals surface area contributed by atoms with Crippen LogP contribution in [0.3, 0.4) is 0 Å². The maximum atomic E-state index is 12.0. The lowest BCUT2D eigenvalue weighted by molar-refractivity contribution is -0.118. The molecule has 86 valence electrons. The van der Waals surface area contributed by atoms with Crippen molar-refractivity contribution in [3.05, 3.63) is 17.5 Å². The lowest BCUT2D eigenvalue weighted by Gasteiger charge is -2.20. The number of nitrogens with zero attached hydrogens (tertiary/aromatic N) is 2. The number of nitrogens with one attached hydrogen (secondary N) is 1. The molecule has 2 rings (SSSR count). The number of aromatic nitrogens is 2. The van der Waals surface area contributed by atoms with Crippen molar-refractivity contribution >= 4 is 35.1 Å². The van der Waals surface area contributed by atoms with E-state index < -0.39 is 0 Å². The Bertz CT molecular complexity index is 390. The van der Waals surface area contributed by atoms with Crippen LogP contribution < -0.4 is 5.32 Å². The van der Waals surface area contributed by atoms with Gasteiger partial charge in [0.15, 0.2) is 5.82 Å². The molecular formula is C10H12ClN3OS. The summed E-state index contributed by atoms with van der Waals surface area (Å²) in [6.45, 7) is 1.96. The van der Waals surface area contributed by atoms with Crippen molar-refractivity contribution in [1.82, 2.24) is 9.97 Å². The third-order valence-corrected chi connectivity index (χ3v) is 4.28. The Kier molecular flexibility index (Phi) is 3.35. The van der Waals surface area contributed by atoms with Crippen LogP contribution in [0.1, 0.15) is 19.8 Å². The number of anilines is 1. The fourth-order valence-corrected chi connectivity index (χ4v) is 2.89. The Labute approximate surface area is 103 Å². The van der Waals surface area contributed by atoms with Crippen molar-refractivity contribution in [2.75, 3.05) is 11.1 Å². The molecule has 1 amide bonds. The Morgan fingerprint density at radius 2 is 2.38 bits per heavy atom. The highest BCUT2D eigenvalue weighted by atomic mass is 35.5. The van der Waals surface area contributed by atoms with Gasteiger partial charge >= 0.3 is 0 Å². The molecule has 0 saturated carbocycles. The molecule has 0 aromatic carbocycles. The highest BCUT2D eigenvalue weighted by molar-refractivity contribution is 8.01. The molecule has 1 aromatic heterocycles. The molecule has 16 heavy (non-hydrogen) atoms. The molecule has 1 saturated heterocycles. The summed E-state index contributed by atoms with van der Waals surface area (Å²) in [7, 11) is 0. The van der Waals surface area contributed by atoms with E-state index in [1.54, 1.807) is 11.8 Å². The van der Waals surface area contributed by atoms with Crippen LogP contribution >= 0.6 is 23.4 Å². The van der Waals surface area contributed by atoms with Gasteiger partial charge in [0.05, 0.1) is 17.1 Å². The number of amides is 1. The third-order valence-electron chi connectivity index (χ3n) is 2.56. The lowest BCUT2D eigenvalue weighted by Crippen LogP contribution is -2.34. The van der Waals surface area contributed by atoms with Crippen LogP contribution in [0.2, 0.25) is 5.15 Å². The van der Waals surface area contributed by atoms with Crippen LogP contribution in [0.15, 0.2) is 12.4 Å². The van der Waals surface area contributed by atoms with Gasteiger partial charge in [0.2, 0.25) is 5.91 Å². The normalized spacial score (nSPS) is 24.4. The maximum absolute atomic E-state index is 12.0. The molecule has 0 spiro atoms. The summed E-state index contributed by atoms with van der Waals surface area (Å²) in [5.74, 6) is 1.48. The van der Waals surface area contributed by atoms with Gasteiger partial charge in [-0.05, 0) is 25.5 Å². The van der Waals surface area contributed by atoms with E-state index in [0.717, 1.165) is 18.6 Å². The first-order chi connectivity index (χ1) is 7.60. The third kappa shape index (κ3) is 2.47. The van der Waals surface area contributed by atoms with Crippen molar-refractivity contribution in [2.24, 2.45) is 0 Å². The number of carbonyl (C=O) groups is 1. The van der Waals surface area contributed by atoms with Crippen LogP contribution in [-0.2, 0) is 4.79 Å². The van der Waals surface area contributed by atoms with Gasteiger partial charge in [-0.1, -0.05) is 11.6 Å². The van der Waals surface area contributed by atoms with Gasteiger partial charge in [-0.2, -0.15) is 0 Å². The average molecular weight is 258 g/mol. The molecule has 4 nitrogen and oxygen atoms in total. The molecule has 1 aliphatic rings. The van der Waals surface area contributed by atoms with Crippen molar-refractivity contribution in [3.8, 4) is 0 Å². The summed E-state index contributed by atoms with van der Waals surface area (Å²) in [5.41, 5.74) is 0. The van der Waals surface area contributed by atoms with Crippen LogP contribution in [0, 0.1) is 0 Å². The quantitative estimate of drug-likeness (QED) is 0.884. The minimum absolute atomic E-state index is 0.00776. The molecule has 1 N–H and O–H groups in total. The van der Waals surface area contributed by atoms with Gasteiger partial charge in [0, 0.05) is 0 Å². The van der Waals surface area contributed by atoms with Crippen molar-refractivity contribution in [3.63, 3.8) is 0 Å². The standard InChI is InChI=1S/C10H12ClN3OS/c1-10(3-2-4-16-10)9(15)14-8-6-12-7(11)5-13-8/h5-6H,2-4H2,1H3,(H,13,14,15). The Balaban J connectivity index is 2.04. The smallest absolute Gasteiger partial charge is 0.241 e. The van der Waals surface area contributed by atoms with E-state index in [2.05, 4.69) is 15.3 Å². The van der Waals surface area contributed by atoms with Gasteiger partial charge in [0.25, 0.3) is 0 Å². The van der Waals surface area contributed by atoms with Gasteiger partial charge < -0.3 is 5.32 Å². The second-order valence-electron chi connectivity index (χ2n) is 3.86. The highest BCUT2D eigenvalue weighted by Crippen LogP contribution is 2.38. The fraction of sp³-hybridized carbons (Fsp3) is 0.500. The van der Waals surface area contributed by atoms with Gasteiger partial charge in [0.1, 0.15) is 5.15 Å². The first-order valence-corrected chi connectivity index (χ1v) is 6.39. The Morgan fingerprint density at radius 1 is 1.56 bits per heavy atom. The first-order valence-electron chi connectivity index (χ1n) is 5.03. The van der Waals surface area contributed by atoms with E-state index in [-0.39, 0.29) is 10.7 Å². The summed E-state index contributed by atoms with van der Waals surface area (Å²) in [4.78, 5) is 19.8. The predicted octanol–water partition coefficient (Wildman–Crippen LogP) is 2.35. The average Bonchev–Trinajstić information content (AvgIpc) is 2.70. The molecule has 1 fully saturated rings. The van der Waals surface area contributed by atoms with E-state index in [1.165, 1.54) is 12.4 Å². The van der Waals surface area contributed by atoms with E-state index in [0.29, 0.717) is 11.0 Å². The Hall–Kier alpha value is -0.810. The predicted molar refractivity (Wildman–Crippen MR) is 65.8 cm³/mol. The van der Waals surface area contributed by atoms with Crippen molar-refractivity contribution in [2.45, 2.75) is 24.5 Å². The number of carbonyl (C=O) groups excluding carboxylic acids is 1. The Morgan fingerprint density at radius 3 is 2.94 bits per heavy atom. The van der Waals surface area contributed by atoms with E-state index >= 15 is 0 Å². The molecule has 1 unspecified atom stereocenters. The molecule has 6 heteroatoms. The van der Waals surface area contributed by atoms with Gasteiger partial charge in [-0.25, -0.2) is 9.97 Å². The van der Waals surface area contributed by atoms with Crippen molar-refractivity contribution < 1.29 is 4.79 Å². The van der Waals surface area contributed by atoms with Crippen LogP contribution in [-0.4, -0.2) is 26.4 Å². The first kappa shape index (κ1) is 11.7. The summed E-state index contributed by atoms with van der Waals surface area (Å²) < 4.78 is -0.332. The zero-order valence-corrected chi connectivity index (χ0v) is 10.4. The minimum atomic E-state index is -0.332. The number of thioether (sulfide) groups is 1. The zero-order valence-electron chi connectivity index (χ0n) is 8.86. The van der Waals surface area contributed by atoms with Crippen LogP contribution in [0.5, 0.6) is 0 Å². The monoisotopic (exact) mass is 257 g/mol. The van der Waals surface area contributed by atoms with Gasteiger partial charge in [-0.3, -0.25) is 4.79 Å². The topological polar surface area (TPSA) is 54.9 Å². The zero-order chi connectivity index (χ0) is 11.6. The number of halogens is 1. The SMILES string of the molecule is CC1(C(=O)Nc2cnc(Cl)cn2)CCCS1. The molecule has 2 heterocycles. The molecule has 0 radical (unpaired) electrons. The van der Waals surface area contributed by atoms with Crippen LogP contribution in [0.4, 0.5) is 5.82 Å². The number of rotatable bonds is 2. The lowest BCUT2D eigenvalue weighted by atomic mass is 10.1. The van der Waals surface area contributed by atoms with E-state index in [4.69, 9.17) is 11.6 Å². The van der Waals surface area contributed by atoms with Gasteiger partial charge in [-0.15, -0.1) is 11.8 Å². The highest BCUT2D eigenvalue weighted by Gasteiger charge is 2.37. The molecule has 1 aromatic rings. The summed E-state index contributed by atoms with van der Waals surface area (Å²) in [6.07, 6.45) is 4.87. The summed E-state index contributed by atoms with van der Waals surface area (Å²) in [5, 5.41) is 3.08. The molecule has 1 atom stereocenters. The molecule has 0 bridgehead atoms. The maximum Gasteiger partial charge on any atom is 0.241 e. The number of hydrogen-bond acceptors (Lipinski definition) is 4. The van der Waals surface area contributed by atoms with E-state index in [1.807, 2.05) is 6.92 Å². The second-order valence-corrected chi connectivity index (χ2v) is 5.85. The molecule has 1 aliphatic heterocycles.